The zero-order chi connectivity index (χ0) is 17.3. The number of carbonyl (C=O) groups excluding carboxylic acids is 2. The van der Waals surface area contributed by atoms with Crippen LogP contribution in [0.15, 0.2) is 36.4 Å². The minimum atomic E-state index is -0.638. The molecule has 0 fully saturated rings. The molecule has 0 aliphatic carbocycles. The number of rotatable bonds is 3. The number of hydrogen-bond acceptors (Lipinski definition) is 4. The van der Waals surface area contributed by atoms with Crippen molar-refractivity contribution in [3.8, 4) is 0 Å². The lowest BCUT2D eigenvalue weighted by atomic mass is 10.0. The van der Waals surface area contributed by atoms with E-state index in [4.69, 9.17) is 11.6 Å². The summed E-state index contributed by atoms with van der Waals surface area (Å²) in [5.74, 6) is -0.512. The van der Waals surface area contributed by atoms with Gasteiger partial charge in [-0.05, 0) is 42.3 Å². The van der Waals surface area contributed by atoms with E-state index in [9.17, 15) is 19.7 Å². The second-order valence-electron chi connectivity index (χ2n) is 5.30. The predicted molar refractivity (Wildman–Crippen MR) is 89.5 cm³/mol. The third-order valence-electron chi connectivity index (χ3n) is 3.66. The molecular formula is C16H12ClN3O4. The molecule has 0 saturated carbocycles. The Morgan fingerprint density at radius 3 is 2.75 bits per heavy atom. The number of nitrogens with one attached hydrogen (secondary N) is 2. The maximum absolute atomic E-state index is 12.3. The third-order valence-corrected chi connectivity index (χ3v) is 3.98. The molecule has 2 aromatic carbocycles. The normalized spacial score (nSPS) is 13.0. The molecule has 2 amide bonds. The SMILES string of the molecule is O=C1CCc2cc(NC(=O)c3ccc(Cl)c([N+](=O)[O-])c3)ccc2N1. The maximum Gasteiger partial charge on any atom is 0.288 e. The molecule has 1 aliphatic rings. The number of fused-ring (bicyclic) bond motifs is 1. The van der Waals surface area contributed by atoms with Crippen LogP contribution in [0.1, 0.15) is 22.3 Å². The molecule has 0 saturated heterocycles. The highest BCUT2D eigenvalue weighted by Crippen LogP contribution is 2.27. The van der Waals surface area contributed by atoms with Gasteiger partial charge in [0.15, 0.2) is 0 Å². The number of amides is 2. The van der Waals surface area contributed by atoms with E-state index in [0.29, 0.717) is 18.5 Å². The van der Waals surface area contributed by atoms with E-state index in [0.717, 1.165) is 17.3 Å². The summed E-state index contributed by atoms with van der Waals surface area (Å²) < 4.78 is 0. The lowest BCUT2D eigenvalue weighted by Gasteiger charge is -2.17. The summed E-state index contributed by atoms with van der Waals surface area (Å²) in [6.45, 7) is 0. The van der Waals surface area contributed by atoms with Crippen molar-refractivity contribution in [2.45, 2.75) is 12.8 Å². The van der Waals surface area contributed by atoms with Crippen LogP contribution in [0.5, 0.6) is 0 Å². The first-order valence-corrected chi connectivity index (χ1v) is 7.50. The zero-order valence-electron chi connectivity index (χ0n) is 12.3. The van der Waals surface area contributed by atoms with Gasteiger partial charge in [0.1, 0.15) is 5.02 Å². The Morgan fingerprint density at radius 1 is 1.21 bits per heavy atom. The summed E-state index contributed by atoms with van der Waals surface area (Å²) in [7, 11) is 0. The van der Waals surface area contributed by atoms with Gasteiger partial charge in [0, 0.05) is 29.4 Å². The lowest BCUT2D eigenvalue weighted by molar-refractivity contribution is -0.384. The highest BCUT2D eigenvalue weighted by Gasteiger charge is 2.18. The van der Waals surface area contributed by atoms with Crippen LogP contribution in [0.2, 0.25) is 5.02 Å². The van der Waals surface area contributed by atoms with Crippen molar-refractivity contribution < 1.29 is 14.5 Å². The van der Waals surface area contributed by atoms with E-state index in [-0.39, 0.29) is 22.2 Å². The number of anilines is 2. The summed E-state index contributed by atoms with van der Waals surface area (Å²) in [5.41, 5.74) is 2.02. The maximum atomic E-state index is 12.3. The largest absolute Gasteiger partial charge is 0.326 e. The summed E-state index contributed by atoms with van der Waals surface area (Å²) in [6.07, 6.45) is 0.991. The molecule has 24 heavy (non-hydrogen) atoms. The number of nitrogens with zero attached hydrogens (tertiary/aromatic N) is 1. The fourth-order valence-electron chi connectivity index (χ4n) is 2.46. The fourth-order valence-corrected chi connectivity index (χ4v) is 2.64. The molecule has 1 heterocycles. The van der Waals surface area contributed by atoms with Crippen LogP contribution in [-0.2, 0) is 11.2 Å². The molecule has 2 aromatic rings. The van der Waals surface area contributed by atoms with Gasteiger partial charge in [-0.2, -0.15) is 0 Å². The Kier molecular flexibility index (Phi) is 4.18. The monoisotopic (exact) mass is 345 g/mol. The summed E-state index contributed by atoms with van der Waals surface area (Å²) in [6, 6.07) is 9.02. The number of halogens is 1. The average Bonchev–Trinajstić information content (AvgIpc) is 2.55. The van der Waals surface area contributed by atoms with Gasteiger partial charge in [0.25, 0.3) is 11.6 Å². The summed E-state index contributed by atoms with van der Waals surface area (Å²) >= 11 is 5.74. The van der Waals surface area contributed by atoms with Crippen molar-refractivity contribution in [3.05, 3.63) is 62.7 Å². The zero-order valence-corrected chi connectivity index (χ0v) is 13.1. The third kappa shape index (κ3) is 3.21. The molecule has 1 aliphatic heterocycles. The van der Waals surface area contributed by atoms with Crippen molar-refractivity contribution in [1.82, 2.24) is 0 Å². The Hall–Kier alpha value is -2.93. The van der Waals surface area contributed by atoms with Gasteiger partial charge >= 0.3 is 0 Å². The van der Waals surface area contributed by atoms with Gasteiger partial charge in [-0.3, -0.25) is 19.7 Å². The molecule has 2 N–H and O–H groups in total. The van der Waals surface area contributed by atoms with E-state index >= 15 is 0 Å². The van der Waals surface area contributed by atoms with Gasteiger partial charge in [-0.1, -0.05) is 11.6 Å². The number of carbonyl (C=O) groups is 2. The standard InChI is InChI=1S/C16H12ClN3O4/c17-12-4-1-10(8-14(12)20(23)24)16(22)18-11-3-5-13-9(7-11)2-6-15(21)19-13/h1,3-5,7-8H,2,6H2,(H,18,22)(H,19,21). The van der Waals surface area contributed by atoms with Gasteiger partial charge < -0.3 is 10.6 Å². The molecule has 0 aromatic heterocycles. The van der Waals surface area contributed by atoms with Crippen LogP contribution in [0.25, 0.3) is 0 Å². The molecule has 0 spiro atoms. The molecule has 0 bridgehead atoms. The van der Waals surface area contributed by atoms with Gasteiger partial charge in [0.2, 0.25) is 5.91 Å². The van der Waals surface area contributed by atoms with Crippen LogP contribution < -0.4 is 10.6 Å². The molecule has 0 unspecified atom stereocenters. The molecule has 0 radical (unpaired) electrons. The number of nitro groups is 1. The minimum Gasteiger partial charge on any atom is -0.326 e. The Balaban J connectivity index is 1.81. The van der Waals surface area contributed by atoms with Crippen molar-refractivity contribution in [1.29, 1.82) is 0 Å². The number of nitro benzene ring substituents is 1. The van der Waals surface area contributed by atoms with Crippen LogP contribution in [0.4, 0.5) is 17.1 Å². The van der Waals surface area contributed by atoms with Crippen molar-refractivity contribution in [2.24, 2.45) is 0 Å². The van der Waals surface area contributed by atoms with E-state index in [1.807, 2.05) is 0 Å². The Labute approximate surface area is 141 Å². The molecule has 0 atom stereocenters. The first kappa shape index (κ1) is 15.9. The first-order valence-electron chi connectivity index (χ1n) is 7.12. The van der Waals surface area contributed by atoms with E-state index in [2.05, 4.69) is 10.6 Å². The number of benzene rings is 2. The number of aryl methyl sites for hydroxylation is 1. The predicted octanol–water partition coefficient (Wildman–Crippen LogP) is 3.39. The van der Waals surface area contributed by atoms with Crippen molar-refractivity contribution in [3.63, 3.8) is 0 Å². The van der Waals surface area contributed by atoms with Gasteiger partial charge in [0.05, 0.1) is 4.92 Å². The van der Waals surface area contributed by atoms with Gasteiger partial charge in [-0.15, -0.1) is 0 Å². The Bertz CT molecular complexity index is 866. The average molecular weight is 346 g/mol. The van der Waals surface area contributed by atoms with Crippen LogP contribution >= 0.6 is 11.6 Å². The summed E-state index contributed by atoms with van der Waals surface area (Å²) in [4.78, 5) is 33.9. The Morgan fingerprint density at radius 2 is 2.00 bits per heavy atom. The second kappa shape index (κ2) is 6.29. The highest BCUT2D eigenvalue weighted by molar-refractivity contribution is 6.32. The molecular weight excluding hydrogens is 334 g/mol. The van der Waals surface area contributed by atoms with E-state index < -0.39 is 10.8 Å². The smallest absolute Gasteiger partial charge is 0.288 e. The van der Waals surface area contributed by atoms with Crippen molar-refractivity contribution >= 4 is 40.5 Å². The van der Waals surface area contributed by atoms with Crippen LogP contribution in [-0.4, -0.2) is 16.7 Å². The highest BCUT2D eigenvalue weighted by atomic mass is 35.5. The van der Waals surface area contributed by atoms with Gasteiger partial charge in [-0.25, -0.2) is 0 Å². The van der Waals surface area contributed by atoms with Crippen LogP contribution in [0.3, 0.4) is 0 Å². The molecule has 8 heteroatoms. The fraction of sp³-hybridized carbons (Fsp3) is 0.125. The van der Waals surface area contributed by atoms with Crippen molar-refractivity contribution in [2.75, 3.05) is 10.6 Å². The van der Waals surface area contributed by atoms with E-state index in [1.54, 1.807) is 18.2 Å². The quantitative estimate of drug-likeness (QED) is 0.657. The first-order chi connectivity index (χ1) is 11.4. The number of hydrogen-bond donors (Lipinski definition) is 2. The second-order valence-corrected chi connectivity index (χ2v) is 5.70. The van der Waals surface area contributed by atoms with E-state index in [1.165, 1.54) is 12.1 Å². The topological polar surface area (TPSA) is 101 Å². The molecule has 3 rings (SSSR count). The minimum absolute atomic E-state index is 0.0268. The van der Waals surface area contributed by atoms with Crippen LogP contribution in [0, 0.1) is 10.1 Å². The lowest BCUT2D eigenvalue weighted by Crippen LogP contribution is -2.19. The molecule has 7 nitrogen and oxygen atoms in total. The summed E-state index contributed by atoms with van der Waals surface area (Å²) in [5, 5.41) is 16.3. The molecule has 122 valence electrons.